The molecule has 2 aliphatic rings. The van der Waals surface area contributed by atoms with Crippen LogP contribution in [0.25, 0.3) is 11.1 Å². The third-order valence-electron chi connectivity index (χ3n) is 12.0. The Kier molecular flexibility index (Phi) is 14.3. The standard InChI is InChI=1S/C27H25FN4OS.C25H29FN4OS/c1-19-18-31(27-29-25(30-34-27)17-20-7-13-24(28)14-8-20)15-16-32(19)26(33)23-11-9-22(10-12-23)21-5-3-2-4-6-21;1-17-16-29(24-27-22(28-32-24)15-18-5-11-21(26)12-6-18)13-14-30(17)23(31)19-7-9-20(10-8-19)25(2,3)4/h2-14,19H,15-18H2,1H3;5-12,17H,13-16H2,1-4H3. The zero-order chi connectivity index (χ0) is 46.4. The van der Waals surface area contributed by atoms with Gasteiger partial charge in [0.2, 0.25) is 10.3 Å². The molecule has 2 amide bonds. The van der Waals surface area contributed by atoms with Crippen LogP contribution in [0.2, 0.25) is 0 Å². The van der Waals surface area contributed by atoms with E-state index in [0.29, 0.717) is 44.6 Å². The van der Waals surface area contributed by atoms with Crippen molar-refractivity contribution in [1.29, 1.82) is 0 Å². The summed E-state index contributed by atoms with van der Waals surface area (Å²) in [6.45, 7) is 14.8. The van der Waals surface area contributed by atoms with Crippen molar-refractivity contribution < 1.29 is 18.4 Å². The third kappa shape index (κ3) is 11.3. The first kappa shape index (κ1) is 46.2. The van der Waals surface area contributed by atoms with Gasteiger partial charge in [-0.1, -0.05) is 99.6 Å². The number of hydrogen-bond donors (Lipinski definition) is 0. The smallest absolute Gasteiger partial charge is 0.254 e. The average molecular weight is 925 g/mol. The largest absolute Gasteiger partial charge is 0.343 e. The van der Waals surface area contributed by atoms with E-state index in [-0.39, 0.29) is 40.9 Å². The fourth-order valence-corrected chi connectivity index (χ4v) is 9.65. The van der Waals surface area contributed by atoms with Gasteiger partial charge in [0.1, 0.15) is 23.3 Å². The van der Waals surface area contributed by atoms with Gasteiger partial charge in [0.05, 0.1) is 0 Å². The van der Waals surface area contributed by atoms with Crippen LogP contribution in [0.4, 0.5) is 19.0 Å². The molecule has 0 bridgehead atoms. The number of amides is 2. The second kappa shape index (κ2) is 20.4. The highest BCUT2D eigenvalue weighted by Gasteiger charge is 2.31. The van der Waals surface area contributed by atoms with Crippen molar-refractivity contribution >= 4 is 45.1 Å². The van der Waals surface area contributed by atoms with E-state index < -0.39 is 0 Å². The van der Waals surface area contributed by atoms with Gasteiger partial charge in [-0.3, -0.25) is 9.59 Å². The molecule has 2 unspecified atom stereocenters. The van der Waals surface area contributed by atoms with E-state index in [1.54, 1.807) is 24.3 Å². The van der Waals surface area contributed by atoms with Crippen molar-refractivity contribution in [3.8, 4) is 11.1 Å². The summed E-state index contributed by atoms with van der Waals surface area (Å²) in [5, 5.41) is 1.74. The monoisotopic (exact) mass is 924 g/mol. The molecule has 2 atom stereocenters. The topological polar surface area (TPSA) is 98.7 Å². The summed E-state index contributed by atoms with van der Waals surface area (Å²) in [7, 11) is 0. The molecule has 14 heteroatoms. The number of carbonyl (C=O) groups excluding carboxylic acids is 2. The molecule has 0 N–H and O–H groups in total. The lowest BCUT2D eigenvalue weighted by atomic mass is 9.86. The second-order valence-corrected chi connectivity index (χ2v) is 19.4. The van der Waals surface area contributed by atoms with E-state index in [1.807, 2.05) is 64.4 Å². The summed E-state index contributed by atoms with van der Waals surface area (Å²) in [6, 6.07) is 39.0. The molecule has 9 rings (SSSR count). The zero-order valence-electron chi connectivity index (χ0n) is 37.9. The fraction of sp³-hybridized carbons (Fsp3) is 0.308. The first-order valence-corrected chi connectivity index (χ1v) is 23.8. The molecule has 2 aromatic heterocycles. The van der Waals surface area contributed by atoms with Crippen LogP contribution in [0.3, 0.4) is 0 Å². The van der Waals surface area contributed by atoms with Crippen molar-refractivity contribution in [2.45, 2.75) is 65.0 Å². The molecule has 66 heavy (non-hydrogen) atoms. The van der Waals surface area contributed by atoms with Crippen molar-refractivity contribution in [2.24, 2.45) is 0 Å². The molecule has 4 heterocycles. The van der Waals surface area contributed by atoms with Gasteiger partial charge in [-0.2, -0.15) is 8.75 Å². The summed E-state index contributed by atoms with van der Waals surface area (Å²) in [6.07, 6.45) is 1.15. The number of aromatic nitrogens is 4. The molecular weight excluding hydrogens is 871 g/mol. The second-order valence-electron chi connectivity index (χ2n) is 18.0. The highest BCUT2D eigenvalue weighted by Crippen LogP contribution is 2.28. The maximum absolute atomic E-state index is 13.2. The van der Waals surface area contributed by atoms with Crippen molar-refractivity contribution in [1.82, 2.24) is 28.5 Å². The van der Waals surface area contributed by atoms with Crippen molar-refractivity contribution in [3.63, 3.8) is 0 Å². The SMILES string of the molecule is CC1CN(c2nc(Cc3ccc(F)cc3)ns2)CCN1C(=O)c1ccc(-c2ccccc2)cc1.CC1CN(c2nc(Cc3ccc(F)cc3)ns2)CCN1C(=O)c1ccc(C(C)(C)C)cc1. The lowest BCUT2D eigenvalue weighted by Gasteiger charge is -2.39. The number of anilines is 2. The van der Waals surface area contributed by atoms with Gasteiger partial charge < -0.3 is 19.6 Å². The van der Waals surface area contributed by atoms with E-state index in [2.05, 4.69) is 87.4 Å². The number of nitrogens with zero attached hydrogens (tertiary/aromatic N) is 8. The molecule has 340 valence electrons. The van der Waals surface area contributed by atoms with E-state index >= 15 is 0 Å². The first-order valence-electron chi connectivity index (χ1n) is 22.3. The van der Waals surface area contributed by atoms with Gasteiger partial charge in [0.25, 0.3) is 11.8 Å². The Bertz CT molecular complexity index is 2710. The van der Waals surface area contributed by atoms with Crippen LogP contribution in [0, 0.1) is 11.6 Å². The number of piperazine rings is 2. The molecule has 7 aromatic rings. The molecule has 5 aromatic carbocycles. The normalized spacial score (nSPS) is 16.5. The van der Waals surface area contributed by atoms with Gasteiger partial charge in [-0.05, 0) is 95.6 Å². The highest BCUT2D eigenvalue weighted by atomic mass is 32.1. The summed E-state index contributed by atoms with van der Waals surface area (Å²) in [4.78, 5) is 43.9. The first-order chi connectivity index (χ1) is 31.8. The molecule has 2 fully saturated rings. The summed E-state index contributed by atoms with van der Waals surface area (Å²) in [5.41, 5.74) is 6.93. The van der Waals surface area contributed by atoms with Crippen LogP contribution in [-0.4, -0.2) is 91.7 Å². The van der Waals surface area contributed by atoms with Crippen molar-refractivity contribution in [2.75, 3.05) is 49.1 Å². The van der Waals surface area contributed by atoms with Crippen LogP contribution in [0.15, 0.2) is 127 Å². The molecule has 10 nitrogen and oxygen atoms in total. The predicted octanol–water partition coefficient (Wildman–Crippen LogP) is 10.2. The molecule has 0 aliphatic carbocycles. The van der Waals surface area contributed by atoms with Crippen LogP contribution >= 0.6 is 23.1 Å². The molecular formula is C52H54F2N8O2S2. The maximum atomic E-state index is 13.2. The van der Waals surface area contributed by atoms with E-state index in [9.17, 15) is 18.4 Å². The Morgan fingerprint density at radius 1 is 0.561 bits per heavy atom. The maximum Gasteiger partial charge on any atom is 0.254 e. The van der Waals surface area contributed by atoms with Gasteiger partial charge in [-0.15, -0.1) is 0 Å². The predicted molar refractivity (Wildman–Crippen MR) is 261 cm³/mol. The minimum absolute atomic E-state index is 0.0551. The molecule has 2 aliphatic heterocycles. The summed E-state index contributed by atoms with van der Waals surface area (Å²) >= 11 is 2.75. The lowest BCUT2D eigenvalue weighted by Crippen LogP contribution is -2.54. The van der Waals surface area contributed by atoms with Crippen LogP contribution in [0.1, 0.15) is 83.7 Å². The third-order valence-corrected chi connectivity index (χ3v) is 13.6. The Hall–Kier alpha value is -6.38. The van der Waals surface area contributed by atoms with Gasteiger partial charge >= 0.3 is 0 Å². The number of halogens is 2. The quantitative estimate of drug-likeness (QED) is 0.141. The van der Waals surface area contributed by atoms with Crippen LogP contribution in [-0.2, 0) is 18.3 Å². The molecule has 2 saturated heterocycles. The van der Waals surface area contributed by atoms with Crippen LogP contribution in [0.5, 0.6) is 0 Å². The molecule has 0 radical (unpaired) electrons. The minimum atomic E-state index is -0.246. The van der Waals surface area contributed by atoms with Crippen LogP contribution < -0.4 is 9.80 Å². The molecule has 0 spiro atoms. The van der Waals surface area contributed by atoms with E-state index in [4.69, 9.17) is 0 Å². The fourth-order valence-electron chi connectivity index (χ4n) is 8.21. The number of carbonyl (C=O) groups is 2. The van der Waals surface area contributed by atoms with Gasteiger partial charge in [0.15, 0.2) is 0 Å². The summed E-state index contributed by atoms with van der Waals surface area (Å²) in [5.74, 6) is 1.11. The Morgan fingerprint density at radius 2 is 0.970 bits per heavy atom. The van der Waals surface area contributed by atoms with E-state index in [1.165, 1.54) is 52.9 Å². The van der Waals surface area contributed by atoms with E-state index in [0.717, 1.165) is 62.8 Å². The van der Waals surface area contributed by atoms with Crippen molar-refractivity contribution in [3.05, 3.63) is 178 Å². The Morgan fingerprint density at radius 3 is 1.38 bits per heavy atom. The van der Waals surface area contributed by atoms with Gasteiger partial charge in [0, 0.05) is 98.4 Å². The number of benzene rings is 5. The Labute approximate surface area is 393 Å². The van der Waals surface area contributed by atoms with Gasteiger partial charge in [-0.25, -0.2) is 18.7 Å². The lowest BCUT2D eigenvalue weighted by molar-refractivity contribution is 0.0666. The number of hydrogen-bond acceptors (Lipinski definition) is 10. The summed E-state index contributed by atoms with van der Waals surface area (Å²) < 4.78 is 35.2. The molecule has 0 saturated carbocycles. The zero-order valence-corrected chi connectivity index (χ0v) is 39.5. The Balaban J connectivity index is 0.000000180. The highest BCUT2D eigenvalue weighted by molar-refractivity contribution is 7.10. The average Bonchev–Trinajstić information content (AvgIpc) is 4.00. The number of rotatable bonds is 9. The minimum Gasteiger partial charge on any atom is -0.343 e.